The van der Waals surface area contributed by atoms with Gasteiger partial charge in [-0.3, -0.25) is 0 Å². The predicted octanol–water partition coefficient (Wildman–Crippen LogP) is 2.65. The lowest BCUT2D eigenvalue weighted by Gasteiger charge is -1.85. The molecular formula is C10H8N2. The predicted molar refractivity (Wildman–Crippen MR) is 50.2 cm³/mol. The van der Waals surface area contributed by atoms with Gasteiger partial charge >= 0.3 is 0 Å². The van der Waals surface area contributed by atoms with Gasteiger partial charge in [0.25, 0.3) is 0 Å². The second-order valence-corrected chi connectivity index (χ2v) is 2.95. The van der Waals surface area contributed by atoms with E-state index < -0.39 is 0 Å². The molecule has 2 heterocycles. The van der Waals surface area contributed by atoms with Crippen molar-refractivity contribution >= 4 is 21.8 Å². The van der Waals surface area contributed by atoms with E-state index >= 15 is 0 Å². The second kappa shape index (κ2) is 1.91. The summed E-state index contributed by atoms with van der Waals surface area (Å²) in [5.74, 6) is 0. The van der Waals surface area contributed by atoms with E-state index in [-0.39, 0.29) is 0 Å². The molecule has 0 saturated carbocycles. The normalized spacial score (nSPS) is 11.3. The smallest absolute Gasteiger partial charge is 0.0642 e. The summed E-state index contributed by atoms with van der Waals surface area (Å²) in [5, 5.41) is 2.55. The fourth-order valence-electron chi connectivity index (χ4n) is 1.66. The first-order chi connectivity index (χ1) is 5.95. The zero-order chi connectivity index (χ0) is 7.97. The molecular weight excluding hydrogens is 148 g/mol. The van der Waals surface area contributed by atoms with Crippen molar-refractivity contribution in [2.24, 2.45) is 0 Å². The first kappa shape index (κ1) is 5.89. The number of aromatic nitrogens is 2. The molecule has 0 bridgehead atoms. The number of fused-ring (bicyclic) bond motifs is 3. The lowest BCUT2D eigenvalue weighted by molar-refractivity contribution is 1.41. The maximum absolute atomic E-state index is 3.33. The third-order valence-electron chi connectivity index (χ3n) is 2.23. The molecule has 0 fully saturated rings. The van der Waals surface area contributed by atoms with Gasteiger partial charge in [-0.25, -0.2) is 0 Å². The lowest BCUT2D eigenvalue weighted by Crippen LogP contribution is -1.64. The average molecular weight is 156 g/mol. The summed E-state index contributed by atoms with van der Waals surface area (Å²) in [7, 11) is 0. The molecule has 2 N–H and O–H groups in total. The second-order valence-electron chi connectivity index (χ2n) is 2.95. The number of hydrogen-bond donors (Lipinski definition) is 2. The molecule has 0 unspecified atom stereocenters. The molecule has 2 aromatic heterocycles. The van der Waals surface area contributed by atoms with Gasteiger partial charge in [-0.2, -0.15) is 0 Å². The van der Waals surface area contributed by atoms with Gasteiger partial charge in [-0.1, -0.05) is 18.2 Å². The van der Waals surface area contributed by atoms with Crippen molar-refractivity contribution in [2.75, 3.05) is 0 Å². The molecule has 0 aliphatic carbocycles. The van der Waals surface area contributed by atoms with Crippen LogP contribution in [0.25, 0.3) is 21.8 Å². The summed E-state index contributed by atoms with van der Waals surface area (Å²) in [6.07, 6.45) is 4.00. The van der Waals surface area contributed by atoms with Crippen molar-refractivity contribution in [3.63, 3.8) is 0 Å². The average Bonchev–Trinajstić information content (AvgIpc) is 2.62. The molecule has 58 valence electrons. The van der Waals surface area contributed by atoms with Gasteiger partial charge in [0.1, 0.15) is 0 Å². The molecule has 0 amide bonds. The lowest BCUT2D eigenvalue weighted by atomic mass is 10.2. The first-order valence-corrected chi connectivity index (χ1v) is 3.98. The molecule has 12 heavy (non-hydrogen) atoms. The summed E-state index contributed by atoms with van der Waals surface area (Å²) in [5.41, 5.74) is 2.38. The van der Waals surface area contributed by atoms with Crippen LogP contribution in [0.15, 0.2) is 36.7 Å². The molecule has 0 spiro atoms. The van der Waals surface area contributed by atoms with E-state index in [9.17, 15) is 0 Å². The standard InChI is InChI=1S/C10H8N2/c1-2-4-9-7(3-1)8-5-11-6-10(8)12-9/h1-6,11-12H. The van der Waals surface area contributed by atoms with Gasteiger partial charge in [0.05, 0.1) is 5.52 Å². The number of benzene rings is 1. The molecule has 1 aromatic carbocycles. The largest absolute Gasteiger partial charge is 0.365 e. The minimum atomic E-state index is 1.18. The molecule has 0 aliphatic rings. The van der Waals surface area contributed by atoms with Crippen molar-refractivity contribution < 1.29 is 0 Å². The Kier molecular flexibility index (Phi) is 0.939. The molecule has 0 aliphatic heterocycles. The summed E-state index contributed by atoms with van der Waals surface area (Å²) in [6.45, 7) is 0. The van der Waals surface area contributed by atoms with Crippen LogP contribution in [0.2, 0.25) is 0 Å². The van der Waals surface area contributed by atoms with Crippen LogP contribution in [0.3, 0.4) is 0 Å². The van der Waals surface area contributed by atoms with Crippen LogP contribution in [0.1, 0.15) is 0 Å². The van der Waals surface area contributed by atoms with E-state index in [1.165, 1.54) is 21.8 Å². The summed E-state index contributed by atoms with van der Waals surface area (Å²) in [6, 6.07) is 8.32. The topological polar surface area (TPSA) is 31.6 Å². The van der Waals surface area contributed by atoms with Crippen molar-refractivity contribution in [3.8, 4) is 0 Å². The minimum Gasteiger partial charge on any atom is -0.365 e. The monoisotopic (exact) mass is 156 g/mol. The Morgan fingerprint density at radius 3 is 2.75 bits per heavy atom. The molecule has 0 saturated heterocycles. The maximum atomic E-state index is 3.33. The highest BCUT2D eigenvalue weighted by Gasteiger charge is 2.01. The van der Waals surface area contributed by atoms with E-state index in [0.29, 0.717) is 0 Å². The van der Waals surface area contributed by atoms with Crippen molar-refractivity contribution in [3.05, 3.63) is 36.7 Å². The van der Waals surface area contributed by atoms with Crippen LogP contribution in [0.5, 0.6) is 0 Å². The highest BCUT2D eigenvalue weighted by atomic mass is 14.8. The summed E-state index contributed by atoms with van der Waals surface area (Å²) < 4.78 is 0. The van der Waals surface area contributed by atoms with Crippen molar-refractivity contribution in [1.82, 2.24) is 9.97 Å². The molecule has 2 heteroatoms. The SMILES string of the molecule is c1ccc2c(c1)[nH]c1c[nH]cc12. The van der Waals surface area contributed by atoms with Gasteiger partial charge in [0.15, 0.2) is 0 Å². The fraction of sp³-hybridized carbons (Fsp3) is 0. The molecule has 3 aromatic rings. The van der Waals surface area contributed by atoms with E-state index in [4.69, 9.17) is 0 Å². The van der Waals surface area contributed by atoms with Crippen LogP contribution in [0.4, 0.5) is 0 Å². The number of rotatable bonds is 0. The van der Waals surface area contributed by atoms with Crippen LogP contribution in [-0.4, -0.2) is 9.97 Å². The van der Waals surface area contributed by atoms with Gasteiger partial charge in [0, 0.05) is 28.7 Å². The molecule has 2 nitrogen and oxygen atoms in total. The van der Waals surface area contributed by atoms with Gasteiger partial charge in [-0.05, 0) is 6.07 Å². The zero-order valence-corrected chi connectivity index (χ0v) is 6.46. The Morgan fingerprint density at radius 2 is 1.75 bits per heavy atom. The van der Waals surface area contributed by atoms with E-state index in [1.807, 2.05) is 18.5 Å². The number of nitrogens with one attached hydrogen (secondary N) is 2. The quantitative estimate of drug-likeness (QED) is 0.501. The Bertz CT molecular complexity index is 530. The fourth-order valence-corrected chi connectivity index (χ4v) is 1.66. The van der Waals surface area contributed by atoms with Crippen molar-refractivity contribution in [1.29, 1.82) is 0 Å². The van der Waals surface area contributed by atoms with Crippen LogP contribution >= 0.6 is 0 Å². The highest BCUT2D eigenvalue weighted by Crippen LogP contribution is 2.23. The summed E-state index contributed by atoms with van der Waals surface area (Å²) >= 11 is 0. The Hall–Kier alpha value is -1.70. The Morgan fingerprint density at radius 1 is 0.833 bits per heavy atom. The van der Waals surface area contributed by atoms with Gasteiger partial charge in [0.2, 0.25) is 0 Å². The minimum absolute atomic E-state index is 1.18. The van der Waals surface area contributed by atoms with Gasteiger partial charge < -0.3 is 9.97 Å². The number of aromatic amines is 2. The molecule has 3 rings (SSSR count). The first-order valence-electron chi connectivity index (χ1n) is 3.98. The van der Waals surface area contributed by atoms with Crippen LogP contribution in [-0.2, 0) is 0 Å². The van der Waals surface area contributed by atoms with E-state index in [2.05, 4.69) is 28.2 Å². The zero-order valence-electron chi connectivity index (χ0n) is 6.46. The Balaban J connectivity index is 2.68. The number of para-hydroxylation sites is 1. The third kappa shape index (κ3) is 0.593. The van der Waals surface area contributed by atoms with Crippen molar-refractivity contribution in [2.45, 2.75) is 0 Å². The number of hydrogen-bond acceptors (Lipinski definition) is 0. The van der Waals surface area contributed by atoms with E-state index in [0.717, 1.165) is 0 Å². The van der Waals surface area contributed by atoms with Gasteiger partial charge in [-0.15, -0.1) is 0 Å². The third-order valence-corrected chi connectivity index (χ3v) is 2.23. The summed E-state index contributed by atoms with van der Waals surface area (Å²) in [4.78, 5) is 6.41. The highest BCUT2D eigenvalue weighted by molar-refractivity contribution is 6.06. The number of H-pyrrole nitrogens is 2. The van der Waals surface area contributed by atoms with Crippen LogP contribution < -0.4 is 0 Å². The maximum Gasteiger partial charge on any atom is 0.0642 e. The molecule has 0 radical (unpaired) electrons. The van der Waals surface area contributed by atoms with Crippen LogP contribution in [0, 0.1) is 0 Å². The molecule has 0 atom stereocenters. The Labute approximate surface area is 69.2 Å². The van der Waals surface area contributed by atoms with E-state index in [1.54, 1.807) is 0 Å².